The number of hydrogen-bond acceptors (Lipinski definition) is 6. The van der Waals surface area contributed by atoms with Gasteiger partial charge in [-0.3, -0.25) is 19.3 Å². The topological polar surface area (TPSA) is 96.5 Å². The molecule has 4 rings (SSSR count). The van der Waals surface area contributed by atoms with E-state index in [0.717, 1.165) is 22.6 Å². The molecule has 1 aromatic carbocycles. The molecule has 2 fully saturated rings. The first kappa shape index (κ1) is 19.2. The fourth-order valence-electron chi connectivity index (χ4n) is 3.96. The van der Waals surface area contributed by atoms with E-state index in [1.165, 1.54) is 4.90 Å². The molecule has 0 bridgehead atoms. The largest absolute Gasteiger partial charge is 0.486 e. The Kier molecular flexibility index (Phi) is 5.12. The highest BCUT2D eigenvalue weighted by molar-refractivity contribution is 6.45. The van der Waals surface area contributed by atoms with Crippen molar-refractivity contribution in [1.29, 1.82) is 0 Å². The summed E-state index contributed by atoms with van der Waals surface area (Å²) in [6, 6.07) is 6.33. The van der Waals surface area contributed by atoms with Crippen LogP contribution in [0.3, 0.4) is 0 Å². The second-order valence-electron chi connectivity index (χ2n) is 7.56. The van der Waals surface area contributed by atoms with Crippen LogP contribution in [-0.2, 0) is 14.4 Å². The van der Waals surface area contributed by atoms with Crippen LogP contribution in [0.25, 0.3) is 0 Å². The molecule has 5 amide bonds. The first-order chi connectivity index (χ1) is 14.0. The summed E-state index contributed by atoms with van der Waals surface area (Å²) in [4.78, 5) is 52.9. The molecule has 0 unspecified atom stereocenters. The zero-order chi connectivity index (χ0) is 20.5. The van der Waals surface area contributed by atoms with E-state index >= 15 is 0 Å². The smallest absolute Gasteiger partial charge is 0.334 e. The highest BCUT2D eigenvalue weighted by atomic mass is 16.6. The average molecular weight is 401 g/mol. The molecule has 9 nitrogen and oxygen atoms in total. The molecule has 1 saturated carbocycles. The summed E-state index contributed by atoms with van der Waals surface area (Å²) in [6.45, 7) is 0.0428. The molecule has 3 aliphatic rings. The number of para-hydroxylation sites is 2. The van der Waals surface area contributed by atoms with Gasteiger partial charge in [-0.15, -0.1) is 0 Å². The normalized spacial score (nSPS) is 21.8. The van der Waals surface area contributed by atoms with Crippen molar-refractivity contribution in [3.8, 4) is 11.5 Å². The van der Waals surface area contributed by atoms with Crippen LogP contribution in [0.15, 0.2) is 24.3 Å². The maximum Gasteiger partial charge on any atom is 0.334 e. The minimum Gasteiger partial charge on any atom is -0.486 e. The molecular formula is C20H23N3O6. The number of carbonyl (C=O) groups excluding carboxylic acids is 4. The summed E-state index contributed by atoms with van der Waals surface area (Å²) in [5.74, 6) is -0.966. The summed E-state index contributed by atoms with van der Waals surface area (Å²) >= 11 is 0. The number of imide groups is 2. The number of benzene rings is 1. The lowest BCUT2D eigenvalue weighted by atomic mass is 10.2. The number of fused-ring (bicyclic) bond motifs is 1. The lowest BCUT2D eigenvalue weighted by Gasteiger charge is -2.30. The summed E-state index contributed by atoms with van der Waals surface area (Å²) in [5.41, 5.74) is 0. The Hall–Kier alpha value is -3.10. The molecule has 29 heavy (non-hydrogen) atoms. The Bertz CT molecular complexity index is 850. The number of hydrogen-bond donors (Lipinski definition) is 0. The highest BCUT2D eigenvalue weighted by Crippen LogP contribution is 2.31. The molecule has 2 heterocycles. The first-order valence-electron chi connectivity index (χ1n) is 9.77. The van der Waals surface area contributed by atoms with Gasteiger partial charge >= 0.3 is 17.8 Å². The van der Waals surface area contributed by atoms with Gasteiger partial charge in [-0.05, 0) is 25.0 Å². The third kappa shape index (κ3) is 3.64. The molecule has 1 atom stereocenters. The number of carbonyl (C=O) groups is 4. The van der Waals surface area contributed by atoms with Gasteiger partial charge in [-0.25, -0.2) is 9.69 Å². The van der Waals surface area contributed by atoms with Crippen molar-refractivity contribution in [2.24, 2.45) is 0 Å². The van der Waals surface area contributed by atoms with Gasteiger partial charge in [-0.2, -0.15) is 0 Å². The Labute approximate surface area is 168 Å². The molecule has 0 N–H and O–H groups in total. The number of nitrogens with zero attached hydrogens (tertiary/aromatic N) is 3. The maximum absolute atomic E-state index is 12.6. The van der Waals surface area contributed by atoms with Gasteiger partial charge < -0.3 is 14.4 Å². The molecule has 154 valence electrons. The summed E-state index contributed by atoms with van der Waals surface area (Å²) in [5, 5.41) is 0. The van der Waals surface area contributed by atoms with Gasteiger partial charge in [0.15, 0.2) is 17.6 Å². The van der Waals surface area contributed by atoms with E-state index in [4.69, 9.17) is 9.47 Å². The van der Waals surface area contributed by atoms with Crippen molar-refractivity contribution in [2.75, 3.05) is 26.7 Å². The van der Waals surface area contributed by atoms with E-state index in [0.29, 0.717) is 24.3 Å². The lowest BCUT2D eigenvalue weighted by molar-refractivity contribution is -0.145. The SMILES string of the molecule is CN(C[C@@H]1COc2ccccc2O1)C(=O)CN1C(=O)C(=O)N(C2CCCC2)C1=O. The monoisotopic (exact) mass is 401 g/mol. The molecule has 1 saturated heterocycles. The van der Waals surface area contributed by atoms with Crippen molar-refractivity contribution in [3.05, 3.63) is 24.3 Å². The fourth-order valence-corrected chi connectivity index (χ4v) is 3.96. The lowest BCUT2D eigenvalue weighted by Crippen LogP contribution is -2.47. The van der Waals surface area contributed by atoms with Gasteiger partial charge in [0.25, 0.3) is 0 Å². The van der Waals surface area contributed by atoms with Crippen molar-refractivity contribution in [3.63, 3.8) is 0 Å². The van der Waals surface area contributed by atoms with Gasteiger partial charge in [-0.1, -0.05) is 25.0 Å². The molecule has 2 aliphatic heterocycles. The first-order valence-corrected chi connectivity index (χ1v) is 9.77. The van der Waals surface area contributed by atoms with Gasteiger partial charge in [0.05, 0.1) is 6.54 Å². The predicted octanol–water partition coefficient (Wildman–Crippen LogP) is 1.02. The molecule has 0 aromatic heterocycles. The van der Waals surface area contributed by atoms with Crippen LogP contribution < -0.4 is 9.47 Å². The predicted molar refractivity (Wildman–Crippen MR) is 100 cm³/mol. The Balaban J connectivity index is 1.35. The van der Waals surface area contributed by atoms with Crippen molar-refractivity contribution in [1.82, 2.24) is 14.7 Å². The molecular weight excluding hydrogens is 378 g/mol. The van der Waals surface area contributed by atoms with E-state index in [9.17, 15) is 19.2 Å². The molecule has 9 heteroatoms. The van der Waals surface area contributed by atoms with Gasteiger partial charge in [0.2, 0.25) is 5.91 Å². The van der Waals surface area contributed by atoms with Crippen LogP contribution in [-0.4, -0.2) is 77.3 Å². The third-order valence-electron chi connectivity index (χ3n) is 5.54. The van der Waals surface area contributed by atoms with Crippen LogP contribution in [0, 0.1) is 0 Å². The Morgan fingerprint density at radius 1 is 1.10 bits per heavy atom. The standard InChI is InChI=1S/C20H23N3O6/c1-21(10-14-12-28-15-8-4-5-9-16(15)29-14)17(24)11-22-18(25)19(26)23(20(22)27)13-6-2-3-7-13/h4-5,8-9,13-14H,2-3,6-7,10-12H2,1H3/t14-/m1/s1. The summed E-state index contributed by atoms with van der Waals surface area (Å²) < 4.78 is 11.5. The van der Waals surface area contributed by atoms with Crippen molar-refractivity contribution in [2.45, 2.75) is 37.8 Å². The molecule has 0 radical (unpaired) electrons. The number of urea groups is 1. The van der Waals surface area contributed by atoms with Gasteiger partial charge in [0.1, 0.15) is 13.2 Å². The second kappa shape index (κ2) is 7.73. The van der Waals surface area contributed by atoms with Crippen molar-refractivity contribution >= 4 is 23.8 Å². The van der Waals surface area contributed by atoms with E-state index in [2.05, 4.69) is 0 Å². The van der Waals surface area contributed by atoms with E-state index < -0.39 is 30.3 Å². The van der Waals surface area contributed by atoms with Gasteiger partial charge in [0, 0.05) is 13.1 Å². The highest BCUT2D eigenvalue weighted by Gasteiger charge is 2.48. The van der Waals surface area contributed by atoms with E-state index in [1.54, 1.807) is 19.2 Å². The third-order valence-corrected chi connectivity index (χ3v) is 5.54. The minimum absolute atomic E-state index is 0.226. The minimum atomic E-state index is -0.935. The van der Waals surface area contributed by atoms with Crippen LogP contribution in [0.5, 0.6) is 11.5 Å². The van der Waals surface area contributed by atoms with E-state index in [-0.39, 0.29) is 25.3 Å². The molecule has 1 aromatic rings. The Morgan fingerprint density at radius 2 is 1.79 bits per heavy atom. The molecule has 0 spiro atoms. The van der Waals surface area contributed by atoms with Crippen LogP contribution in [0.2, 0.25) is 0 Å². The Morgan fingerprint density at radius 3 is 2.52 bits per heavy atom. The summed E-state index contributed by atoms with van der Waals surface area (Å²) in [6.07, 6.45) is 2.87. The summed E-state index contributed by atoms with van der Waals surface area (Å²) in [7, 11) is 1.56. The number of likely N-dealkylation sites (N-methyl/N-ethyl adjacent to an activating group) is 1. The van der Waals surface area contributed by atoms with Crippen LogP contribution >= 0.6 is 0 Å². The second-order valence-corrected chi connectivity index (χ2v) is 7.56. The maximum atomic E-state index is 12.6. The fraction of sp³-hybridized carbons (Fsp3) is 0.500. The van der Waals surface area contributed by atoms with Crippen molar-refractivity contribution < 1.29 is 28.7 Å². The van der Waals surface area contributed by atoms with Crippen LogP contribution in [0.1, 0.15) is 25.7 Å². The molecule has 1 aliphatic carbocycles. The zero-order valence-corrected chi connectivity index (χ0v) is 16.2. The zero-order valence-electron chi connectivity index (χ0n) is 16.2. The van der Waals surface area contributed by atoms with Crippen LogP contribution in [0.4, 0.5) is 4.79 Å². The number of amides is 5. The quantitative estimate of drug-likeness (QED) is 0.540. The van der Waals surface area contributed by atoms with E-state index in [1.807, 2.05) is 12.1 Å². The number of rotatable bonds is 5. The average Bonchev–Trinajstić information content (AvgIpc) is 3.31. The number of ether oxygens (including phenoxy) is 2.